The highest BCUT2D eigenvalue weighted by Gasteiger charge is 2.28. The van der Waals surface area contributed by atoms with Gasteiger partial charge in [-0.05, 0) is 18.4 Å². The predicted molar refractivity (Wildman–Crippen MR) is 77.3 cm³/mol. The number of thiophene rings is 1. The summed E-state index contributed by atoms with van der Waals surface area (Å²) < 4.78 is 0. The molecule has 100 valence electrons. The van der Waals surface area contributed by atoms with Gasteiger partial charge in [-0.3, -0.25) is 9.59 Å². The van der Waals surface area contributed by atoms with Crippen LogP contribution in [-0.2, 0) is 9.59 Å². The maximum absolute atomic E-state index is 11.4. The fraction of sp³-hybridized carbons (Fsp3) is 0.273. The van der Waals surface area contributed by atoms with Crippen LogP contribution in [0.15, 0.2) is 27.7 Å². The van der Waals surface area contributed by atoms with Crippen molar-refractivity contribution in [3.05, 3.63) is 22.4 Å². The van der Waals surface area contributed by atoms with Crippen LogP contribution in [0, 0.1) is 0 Å². The van der Waals surface area contributed by atoms with Gasteiger partial charge in [0.25, 0.3) is 0 Å². The fourth-order valence-corrected chi connectivity index (χ4v) is 2.96. The van der Waals surface area contributed by atoms with Crippen molar-refractivity contribution in [2.24, 2.45) is 15.9 Å². The van der Waals surface area contributed by atoms with Crippen LogP contribution in [0.5, 0.6) is 0 Å². The summed E-state index contributed by atoms with van der Waals surface area (Å²) in [5.41, 5.74) is 5.94. The van der Waals surface area contributed by atoms with Crippen molar-refractivity contribution in [3.63, 3.8) is 0 Å². The lowest BCUT2D eigenvalue weighted by molar-refractivity contribution is -0.123. The standard InChI is InChI=1S/C11H12N4O2S2/c1-6(7-3-2-4-18-7)14-15-11-13-9(16)5-8(19-11)10(12)17/h2-4,8H,5H2,1H3,(H2,12,17)(H,13,15,16). The molecule has 0 spiro atoms. The minimum absolute atomic E-state index is 0.0760. The number of amides is 2. The van der Waals surface area contributed by atoms with Crippen LogP contribution in [-0.4, -0.2) is 27.9 Å². The minimum Gasteiger partial charge on any atom is -0.369 e. The average Bonchev–Trinajstić information content (AvgIpc) is 2.89. The van der Waals surface area contributed by atoms with Crippen molar-refractivity contribution in [1.82, 2.24) is 5.32 Å². The van der Waals surface area contributed by atoms with Crippen LogP contribution in [0.4, 0.5) is 0 Å². The molecular weight excluding hydrogens is 284 g/mol. The zero-order valence-corrected chi connectivity index (χ0v) is 11.8. The Morgan fingerprint density at radius 2 is 2.37 bits per heavy atom. The van der Waals surface area contributed by atoms with Crippen molar-refractivity contribution in [1.29, 1.82) is 0 Å². The molecule has 2 heterocycles. The Morgan fingerprint density at radius 3 is 3.00 bits per heavy atom. The summed E-state index contributed by atoms with van der Waals surface area (Å²) in [6.07, 6.45) is 0.0760. The molecule has 0 aromatic carbocycles. The number of carbonyl (C=O) groups is 2. The number of carbonyl (C=O) groups excluding carboxylic acids is 2. The number of primary amides is 1. The maximum atomic E-state index is 11.4. The van der Waals surface area contributed by atoms with Crippen LogP contribution in [0.3, 0.4) is 0 Å². The van der Waals surface area contributed by atoms with Gasteiger partial charge in [0.2, 0.25) is 11.8 Å². The van der Waals surface area contributed by atoms with E-state index in [9.17, 15) is 9.59 Å². The van der Waals surface area contributed by atoms with Crippen molar-refractivity contribution >= 4 is 45.8 Å². The molecule has 2 amide bonds. The molecule has 1 aliphatic rings. The van der Waals surface area contributed by atoms with E-state index in [0.29, 0.717) is 5.17 Å². The molecule has 1 aromatic rings. The molecule has 0 saturated carbocycles. The van der Waals surface area contributed by atoms with Gasteiger partial charge >= 0.3 is 0 Å². The second-order valence-electron chi connectivity index (χ2n) is 3.83. The van der Waals surface area contributed by atoms with Gasteiger partial charge in [0.05, 0.1) is 15.8 Å². The molecule has 1 aromatic heterocycles. The quantitative estimate of drug-likeness (QED) is 0.641. The summed E-state index contributed by atoms with van der Waals surface area (Å²) in [6, 6.07) is 3.86. The van der Waals surface area contributed by atoms with Gasteiger partial charge in [-0.15, -0.1) is 16.4 Å². The Balaban J connectivity index is 2.12. The number of nitrogens with two attached hydrogens (primary N) is 1. The van der Waals surface area contributed by atoms with Gasteiger partial charge < -0.3 is 11.1 Å². The molecule has 6 nitrogen and oxygen atoms in total. The van der Waals surface area contributed by atoms with E-state index in [1.54, 1.807) is 11.3 Å². The first-order valence-corrected chi connectivity index (χ1v) is 7.24. The topological polar surface area (TPSA) is 96.9 Å². The normalized spacial score (nSPS) is 22.4. The number of hydrogen-bond donors (Lipinski definition) is 2. The molecule has 1 unspecified atom stereocenters. The molecule has 19 heavy (non-hydrogen) atoms. The third-order valence-corrected chi connectivity index (χ3v) is 4.43. The number of rotatable bonds is 3. The Bertz CT molecular complexity index is 551. The molecule has 3 N–H and O–H groups in total. The summed E-state index contributed by atoms with van der Waals surface area (Å²) in [7, 11) is 0. The second-order valence-corrected chi connectivity index (χ2v) is 5.97. The third kappa shape index (κ3) is 3.65. The Labute approximate surface area is 118 Å². The number of nitrogens with zero attached hydrogens (tertiary/aromatic N) is 2. The summed E-state index contributed by atoms with van der Waals surface area (Å²) in [5.74, 6) is -0.795. The van der Waals surface area contributed by atoms with Gasteiger partial charge in [-0.1, -0.05) is 17.8 Å². The Kier molecular flexibility index (Phi) is 4.33. The summed E-state index contributed by atoms with van der Waals surface area (Å²) in [6.45, 7) is 1.83. The predicted octanol–water partition coefficient (Wildman–Crippen LogP) is 0.935. The van der Waals surface area contributed by atoms with Gasteiger partial charge in [-0.25, -0.2) is 0 Å². The lowest BCUT2D eigenvalue weighted by atomic mass is 10.3. The molecule has 0 bridgehead atoms. The SMILES string of the molecule is CC(=NN=C1NC(=O)CC(C(N)=O)S1)c1cccs1. The number of amidine groups is 1. The van der Waals surface area contributed by atoms with Crippen LogP contribution < -0.4 is 11.1 Å². The van der Waals surface area contributed by atoms with Gasteiger partial charge in [0.1, 0.15) is 0 Å². The average molecular weight is 296 g/mol. The van der Waals surface area contributed by atoms with Crippen LogP contribution in [0.2, 0.25) is 0 Å². The van der Waals surface area contributed by atoms with Gasteiger partial charge in [-0.2, -0.15) is 5.10 Å². The van der Waals surface area contributed by atoms with Crippen LogP contribution in [0.25, 0.3) is 0 Å². The van der Waals surface area contributed by atoms with Crippen molar-refractivity contribution in [3.8, 4) is 0 Å². The first-order valence-electron chi connectivity index (χ1n) is 5.48. The van der Waals surface area contributed by atoms with E-state index in [1.165, 1.54) is 0 Å². The monoisotopic (exact) mass is 296 g/mol. The largest absolute Gasteiger partial charge is 0.369 e. The van der Waals surface area contributed by atoms with E-state index < -0.39 is 11.2 Å². The fourth-order valence-electron chi connectivity index (χ4n) is 1.41. The van der Waals surface area contributed by atoms with Crippen LogP contribution in [0.1, 0.15) is 18.2 Å². The van der Waals surface area contributed by atoms with E-state index in [2.05, 4.69) is 15.5 Å². The van der Waals surface area contributed by atoms with Crippen LogP contribution >= 0.6 is 23.1 Å². The summed E-state index contributed by atoms with van der Waals surface area (Å²) >= 11 is 2.68. The highest BCUT2D eigenvalue weighted by molar-refractivity contribution is 8.15. The van der Waals surface area contributed by atoms with Crippen molar-refractivity contribution in [2.45, 2.75) is 18.6 Å². The molecule has 2 rings (SSSR count). The molecule has 1 atom stereocenters. The van der Waals surface area contributed by atoms with E-state index in [4.69, 9.17) is 5.73 Å². The lowest BCUT2D eigenvalue weighted by Gasteiger charge is -2.19. The highest BCUT2D eigenvalue weighted by Crippen LogP contribution is 2.20. The molecule has 1 fully saturated rings. The first kappa shape index (κ1) is 13.8. The molecule has 0 radical (unpaired) electrons. The smallest absolute Gasteiger partial charge is 0.231 e. The molecule has 1 saturated heterocycles. The van der Waals surface area contributed by atoms with Gasteiger partial charge in [0, 0.05) is 6.42 Å². The zero-order valence-electron chi connectivity index (χ0n) is 10.1. The maximum Gasteiger partial charge on any atom is 0.231 e. The Hall–Kier alpha value is -1.67. The summed E-state index contributed by atoms with van der Waals surface area (Å²) in [5, 5.41) is 12.2. The lowest BCUT2D eigenvalue weighted by Crippen LogP contribution is -2.42. The van der Waals surface area contributed by atoms with E-state index in [1.807, 2.05) is 24.4 Å². The van der Waals surface area contributed by atoms with E-state index in [0.717, 1.165) is 22.4 Å². The van der Waals surface area contributed by atoms with Crippen molar-refractivity contribution in [2.75, 3.05) is 0 Å². The zero-order chi connectivity index (χ0) is 13.8. The Morgan fingerprint density at radius 1 is 1.58 bits per heavy atom. The van der Waals surface area contributed by atoms with Crippen molar-refractivity contribution < 1.29 is 9.59 Å². The third-order valence-electron chi connectivity index (χ3n) is 2.36. The summed E-state index contributed by atoms with van der Waals surface area (Å²) in [4.78, 5) is 23.5. The highest BCUT2D eigenvalue weighted by atomic mass is 32.2. The molecule has 0 aliphatic carbocycles. The second kappa shape index (κ2) is 5.98. The molecule has 1 aliphatic heterocycles. The molecule has 8 heteroatoms. The van der Waals surface area contributed by atoms with E-state index >= 15 is 0 Å². The minimum atomic E-state index is -0.579. The van der Waals surface area contributed by atoms with Gasteiger partial charge in [0.15, 0.2) is 5.17 Å². The molecular formula is C11H12N4O2S2. The number of thioether (sulfide) groups is 1. The first-order chi connectivity index (χ1) is 9.06. The number of hydrogen-bond acceptors (Lipinski definition) is 6. The van der Waals surface area contributed by atoms with E-state index in [-0.39, 0.29) is 12.3 Å². The number of nitrogens with one attached hydrogen (secondary N) is 1.